The number of aliphatic hydroxyl groups excluding tert-OH is 1. The van der Waals surface area contributed by atoms with Gasteiger partial charge in [0, 0.05) is 32.5 Å². The van der Waals surface area contributed by atoms with Crippen LogP contribution in [0.4, 0.5) is 4.79 Å². The van der Waals surface area contributed by atoms with Gasteiger partial charge < -0.3 is 24.4 Å². The molecule has 10 nitrogen and oxygen atoms in total. The molecule has 1 aliphatic heterocycles. The molecular weight excluding hydrogens is 402 g/mol. The van der Waals surface area contributed by atoms with E-state index < -0.39 is 6.09 Å². The molecule has 3 atom stereocenters. The number of hydrogen-bond donors (Lipinski definition) is 1. The fraction of sp³-hybridized carbons (Fsp3) is 0.810. The fourth-order valence-electron chi connectivity index (χ4n) is 3.44. The molecule has 0 saturated heterocycles. The zero-order valence-corrected chi connectivity index (χ0v) is 19.4. The number of likely N-dealkylation sites (N-methyl/N-ethyl adjacent to an activating group) is 1. The lowest BCUT2D eigenvalue weighted by Crippen LogP contribution is -2.48. The summed E-state index contributed by atoms with van der Waals surface area (Å²) in [5, 5.41) is 17.7. The average molecular weight is 440 g/mol. The number of carbonyl (C=O) groups excluding carboxylic acids is 2. The molecule has 0 radical (unpaired) electrons. The van der Waals surface area contributed by atoms with Gasteiger partial charge in [0.05, 0.1) is 50.4 Å². The minimum absolute atomic E-state index is 0.0147. The van der Waals surface area contributed by atoms with Gasteiger partial charge in [-0.05, 0) is 19.3 Å². The molecule has 10 heteroatoms. The van der Waals surface area contributed by atoms with Crippen LogP contribution in [0.5, 0.6) is 0 Å². The number of rotatable bonds is 6. The van der Waals surface area contributed by atoms with Gasteiger partial charge in [0.2, 0.25) is 5.91 Å². The maximum Gasteiger partial charge on any atom is 0.409 e. The molecule has 31 heavy (non-hydrogen) atoms. The second-order valence-electron chi connectivity index (χ2n) is 8.81. The predicted molar refractivity (Wildman–Crippen MR) is 114 cm³/mol. The average Bonchev–Trinajstić information content (AvgIpc) is 3.18. The molecule has 0 saturated carbocycles. The third kappa shape index (κ3) is 7.46. The summed E-state index contributed by atoms with van der Waals surface area (Å²) < 4.78 is 13.3. The standard InChI is InChI=1S/C21H37N5O5/c1-15(2)13-31-21(29)24(5)11-19-16(3)10-25(17(4)12-27)20(28)7-6-8-26-18(14-30-19)9-22-23-26/h9,15-17,19,27H,6-8,10-14H2,1-5H3/t16-,17+,19-/m1/s1. The number of aryl methyl sites for hydroxylation is 1. The number of fused-ring (bicyclic) bond motifs is 1. The van der Waals surface area contributed by atoms with Crippen molar-refractivity contribution < 1.29 is 24.2 Å². The van der Waals surface area contributed by atoms with Crippen LogP contribution < -0.4 is 0 Å². The highest BCUT2D eigenvalue weighted by Crippen LogP contribution is 2.18. The van der Waals surface area contributed by atoms with Gasteiger partial charge >= 0.3 is 6.09 Å². The fourth-order valence-corrected chi connectivity index (χ4v) is 3.44. The van der Waals surface area contributed by atoms with E-state index in [9.17, 15) is 14.7 Å². The lowest BCUT2D eigenvalue weighted by Gasteiger charge is -2.35. The van der Waals surface area contributed by atoms with Gasteiger partial charge in [-0.2, -0.15) is 0 Å². The summed E-state index contributed by atoms with van der Waals surface area (Å²) in [6, 6.07) is -0.297. The highest BCUT2D eigenvalue weighted by Gasteiger charge is 2.29. The molecule has 1 aromatic rings. The van der Waals surface area contributed by atoms with Crippen LogP contribution >= 0.6 is 0 Å². The maximum absolute atomic E-state index is 12.9. The summed E-state index contributed by atoms with van der Waals surface area (Å²) in [7, 11) is 1.68. The number of carbonyl (C=O) groups is 2. The Bertz CT molecular complexity index is 710. The largest absolute Gasteiger partial charge is 0.449 e. The van der Waals surface area contributed by atoms with Gasteiger partial charge in [0.15, 0.2) is 0 Å². The van der Waals surface area contributed by atoms with Crippen molar-refractivity contribution in [2.75, 3.05) is 33.4 Å². The van der Waals surface area contributed by atoms with Gasteiger partial charge in [-0.3, -0.25) is 4.79 Å². The van der Waals surface area contributed by atoms with Gasteiger partial charge in [0.1, 0.15) is 0 Å². The van der Waals surface area contributed by atoms with Crippen LogP contribution in [0.3, 0.4) is 0 Å². The van der Waals surface area contributed by atoms with Crippen molar-refractivity contribution in [2.24, 2.45) is 11.8 Å². The first-order valence-corrected chi connectivity index (χ1v) is 11.0. The Morgan fingerprint density at radius 1 is 1.42 bits per heavy atom. The van der Waals surface area contributed by atoms with Gasteiger partial charge in [-0.25, -0.2) is 9.48 Å². The van der Waals surface area contributed by atoms with Crippen LogP contribution in [-0.4, -0.2) is 87.4 Å². The van der Waals surface area contributed by atoms with Crippen molar-refractivity contribution >= 4 is 12.0 Å². The van der Waals surface area contributed by atoms with Crippen LogP contribution in [0, 0.1) is 11.8 Å². The second-order valence-corrected chi connectivity index (χ2v) is 8.81. The third-order valence-electron chi connectivity index (χ3n) is 5.45. The van der Waals surface area contributed by atoms with E-state index in [1.165, 1.54) is 4.90 Å². The van der Waals surface area contributed by atoms with Crippen LogP contribution in [0.2, 0.25) is 0 Å². The molecule has 0 aliphatic carbocycles. The number of nitrogens with zero attached hydrogens (tertiary/aromatic N) is 5. The molecule has 0 spiro atoms. The van der Waals surface area contributed by atoms with E-state index in [0.29, 0.717) is 45.7 Å². The Morgan fingerprint density at radius 2 is 2.16 bits per heavy atom. The van der Waals surface area contributed by atoms with Crippen LogP contribution in [-0.2, 0) is 27.4 Å². The highest BCUT2D eigenvalue weighted by atomic mass is 16.6. The Kier molecular flexibility index (Phi) is 9.70. The molecule has 0 unspecified atom stereocenters. The van der Waals surface area contributed by atoms with Gasteiger partial charge in [-0.15, -0.1) is 5.10 Å². The first-order valence-electron chi connectivity index (χ1n) is 11.0. The summed E-state index contributed by atoms with van der Waals surface area (Å²) in [5.41, 5.74) is 0.829. The molecule has 2 amide bonds. The van der Waals surface area contributed by atoms with Gasteiger partial charge in [-0.1, -0.05) is 26.0 Å². The maximum atomic E-state index is 12.9. The topological polar surface area (TPSA) is 110 Å². The molecule has 0 bridgehead atoms. The molecule has 1 aromatic heterocycles. The van der Waals surface area contributed by atoms with Crippen LogP contribution in [0.15, 0.2) is 6.20 Å². The first kappa shape index (κ1) is 25.1. The Balaban J connectivity index is 2.19. The number of ether oxygens (including phenoxy) is 2. The van der Waals surface area contributed by atoms with Crippen molar-refractivity contribution in [3.05, 3.63) is 11.9 Å². The quantitative estimate of drug-likeness (QED) is 0.716. The predicted octanol–water partition coefficient (Wildman–Crippen LogP) is 1.53. The summed E-state index contributed by atoms with van der Waals surface area (Å²) >= 11 is 0. The van der Waals surface area contributed by atoms with E-state index in [-0.39, 0.29) is 36.5 Å². The zero-order valence-electron chi connectivity index (χ0n) is 19.4. The second kappa shape index (κ2) is 12.0. The number of aromatic nitrogens is 3. The lowest BCUT2D eigenvalue weighted by molar-refractivity contribution is -0.136. The minimum Gasteiger partial charge on any atom is -0.449 e. The molecule has 0 aromatic carbocycles. The summed E-state index contributed by atoms with van der Waals surface area (Å²) in [6.07, 6.45) is 1.91. The van der Waals surface area contributed by atoms with Crippen LogP contribution in [0.25, 0.3) is 0 Å². The molecule has 2 rings (SSSR count). The van der Waals surface area contributed by atoms with Crippen molar-refractivity contribution in [3.63, 3.8) is 0 Å². The van der Waals surface area contributed by atoms with Crippen molar-refractivity contribution in [2.45, 2.75) is 65.8 Å². The van der Waals surface area contributed by atoms with E-state index in [2.05, 4.69) is 10.3 Å². The van der Waals surface area contributed by atoms with Crippen molar-refractivity contribution in [1.29, 1.82) is 0 Å². The molecular formula is C21H37N5O5. The Labute approximate surface area is 184 Å². The molecule has 0 fully saturated rings. The number of aliphatic hydroxyl groups is 1. The molecule has 1 N–H and O–H groups in total. The lowest BCUT2D eigenvalue weighted by atomic mass is 10.0. The van der Waals surface area contributed by atoms with E-state index in [0.717, 1.165) is 5.69 Å². The summed E-state index contributed by atoms with van der Waals surface area (Å²) in [5.74, 6) is 0.155. The zero-order chi connectivity index (χ0) is 23.0. The SMILES string of the molecule is CC(C)COC(=O)N(C)C[C@H]1OCc2cnnn2CCCC(=O)N([C@@H](C)CO)C[C@H]1C. The Morgan fingerprint density at radius 3 is 2.84 bits per heavy atom. The number of amides is 2. The summed E-state index contributed by atoms with van der Waals surface area (Å²) in [4.78, 5) is 28.4. The monoisotopic (exact) mass is 439 g/mol. The highest BCUT2D eigenvalue weighted by molar-refractivity contribution is 5.76. The van der Waals surface area contributed by atoms with E-state index in [1.54, 1.807) is 22.8 Å². The van der Waals surface area contributed by atoms with Crippen molar-refractivity contribution in [1.82, 2.24) is 24.8 Å². The number of hydrogen-bond acceptors (Lipinski definition) is 7. The van der Waals surface area contributed by atoms with E-state index in [1.807, 2.05) is 27.7 Å². The smallest absolute Gasteiger partial charge is 0.409 e. The van der Waals surface area contributed by atoms with Crippen LogP contribution in [0.1, 0.15) is 46.2 Å². The normalized spacial score (nSPS) is 21.8. The minimum atomic E-state index is -0.404. The molecule has 1 aliphatic rings. The van der Waals surface area contributed by atoms with E-state index in [4.69, 9.17) is 9.47 Å². The van der Waals surface area contributed by atoms with Gasteiger partial charge in [0.25, 0.3) is 0 Å². The third-order valence-corrected chi connectivity index (χ3v) is 5.45. The molecule has 2 heterocycles. The Hall–Kier alpha value is -2.20. The molecule has 176 valence electrons. The van der Waals surface area contributed by atoms with E-state index >= 15 is 0 Å². The first-order chi connectivity index (χ1) is 14.7. The van der Waals surface area contributed by atoms with Crippen molar-refractivity contribution in [3.8, 4) is 0 Å². The summed E-state index contributed by atoms with van der Waals surface area (Å²) in [6.45, 7) is 9.64.